The number of nitrogens with zero attached hydrogens (tertiary/aromatic N) is 3. The Morgan fingerprint density at radius 3 is 2.69 bits per heavy atom. The van der Waals surface area contributed by atoms with Gasteiger partial charge in [-0.25, -0.2) is 4.98 Å². The van der Waals surface area contributed by atoms with Crippen LogP contribution in [-0.4, -0.2) is 52.1 Å². The number of fused-ring (bicyclic) bond motifs is 1. The monoisotopic (exact) mass is 412 g/mol. The van der Waals surface area contributed by atoms with Gasteiger partial charge in [0, 0.05) is 24.9 Å². The molecule has 1 saturated heterocycles. The standard InChI is InChI=1S/C21H24N4O3S/c1-14-5-6-16-17(11-14)20(28)25(19(16)27)10-7-18(26)23-21-22-15(13-29-21)12-24-8-3-2-4-9-24/h5-6,11,13H,2-4,7-10,12H2,1H3,(H,22,23,26). The third-order valence-electron chi connectivity index (χ3n) is 5.32. The number of imide groups is 1. The summed E-state index contributed by atoms with van der Waals surface area (Å²) >= 11 is 1.40. The number of aromatic nitrogens is 1. The van der Waals surface area contributed by atoms with Crippen molar-refractivity contribution in [3.8, 4) is 0 Å². The number of likely N-dealkylation sites (tertiary alicyclic amines) is 1. The maximum atomic E-state index is 12.5. The van der Waals surface area contributed by atoms with Crippen molar-refractivity contribution in [3.05, 3.63) is 46.0 Å². The minimum atomic E-state index is -0.337. The molecule has 0 unspecified atom stereocenters. The molecule has 3 heterocycles. The zero-order valence-electron chi connectivity index (χ0n) is 16.4. The van der Waals surface area contributed by atoms with E-state index in [9.17, 15) is 14.4 Å². The first-order valence-corrected chi connectivity index (χ1v) is 10.8. The number of anilines is 1. The Balaban J connectivity index is 1.29. The molecule has 152 valence electrons. The lowest BCUT2D eigenvalue weighted by molar-refractivity contribution is -0.116. The van der Waals surface area contributed by atoms with Crippen LogP contribution in [0.15, 0.2) is 23.6 Å². The predicted molar refractivity (Wildman–Crippen MR) is 111 cm³/mol. The summed E-state index contributed by atoms with van der Waals surface area (Å²) in [6.45, 7) is 4.93. The summed E-state index contributed by atoms with van der Waals surface area (Å²) in [5, 5.41) is 5.31. The van der Waals surface area contributed by atoms with E-state index >= 15 is 0 Å². The Bertz CT molecular complexity index is 949. The van der Waals surface area contributed by atoms with Crippen LogP contribution in [0.25, 0.3) is 0 Å². The Morgan fingerprint density at radius 1 is 1.14 bits per heavy atom. The molecule has 2 aliphatic rings. The molecule has 2 aliphatic heterocycles. The normalized spacial score (nSPS) is 16.9. The maximum Gasteiger partial charge on any atom is 0.261 e. The number of aryl methyl sites for hydroxylation is 1. The lowest BCUT2D eigenvalue weighted by Crippen LogP contribution is -2.32. The van der Waals surface area contributed by atoms with E-state index in [0.29, 0.717) is 16.3 Å². The van der Waals surface area contributed by atoms with Crippen LogP contribution in [0.2, 0.25) is 0 Å². The van der Waals surface area contributed by atoms with Crippen molar-refractivity contribution in [3.63, 3.8) is 0 Å². The second-order valence-electron chi connectivity index (χ2n) is 7.59. The van der Waals surface area contributed by atoms with Gasteiger partial charge in [-0.2, -0.15) is 0 Å². The molecule has 7 nitrogen and oxygen atoms in total. The number of hydrogen-bond donors (Lipinski definition) is 1. The van der Waals surface area contributed by atoms with Crippen molar-refractivity contribution in [2.75, 3.05) is 25.0 Å². The van der Waals surface area contributed by atoms with Gasteiger partial charge in [0.05, 0.1) is 16.8 Å². The summed E-state index contributed by atoms with van der Waals surface area (Å²) in [6, 6.07) is 5.20. The lowest BCUT2D eigenvalue weighted by Gasteiger charge is -2.25. The smallest absolute Gasteiger partial charge is 0.261 e. The van der Waals surface area contributed by atoms with Gasteiger partial charge in [0.1, 0.15) is 0 Å². The molecule has 0 spiro atoms. The summed E-state index contributed by atoms with van der Waals surface area (Å²) in [5.41, 5.74) is 2.71. The Hall–Kier alpha value is -2.58. The molecule has 3 amide bonds. The number of rotatable bonds is 6. The predicted octanol–water partition coefficient (Wildman–Crippen LogP) is 3.06. The summed E-state index contributed by atoms with van der Waals surface area (Å²) in [5.74, 6) is -0.924. The first-order chi connectivity index (χ1) is 14.0. The highest BCUT2D eigenvalue weighted by atomic mass is 32.1. The van der Waals surface area contributed by atoms with Gasteiger partial charge in [-0.05, 0) is 45.0 Å². The number of piperidine rings is 1. The lowest BCUT2D eigenvalue weighted by atomic mass is 10.1. The average Bonchev–Trinajstić information content (AvgIpc) is 3.23. The molecular formula is C21H24N4O3S. The van der Waals surface area contributed by atoms with E-state index in [1.54, 1.807) is 12.1 Å². The van der Waals surface area contributed by atoms with Gasteiger partial charge in [-0.3, -0.25) is 24.2 Å². The first kappa shape index (κ1) is 19.7. The molecule has 1 aromatic carbocycles. The summed E-state index contributed by atoms with van der Waals surface area (Å²) < 4.78 is 0. The molecular weight excluding hydrogens is 388 g/mol. The Kier molecular flexibility index (Phi) is 5.73. The third kappa shape index (κ3) is 4.38. The average molecular weight is 413 g/mol. The minimum Gasteiger partial charge on any atom is -0.302 e. The highest BCUT2D eigenvalue weighted by molar-refractivity contribution is 7.13. The minimum absolute atomic E-state index is 0.0471. The fraction of sp³-hybridized carbons (Fsp3) is 0.429. The summed E-state index contributed by atoms with van der Waals surface area (Å²) in [7, 11) is 0. The van der Waals surface area contributed by atoms with Crippen molar-refractivity contribution >= 4 is 34.2 Å². The van der Waals surface area contributed by atoms with E-state index in [4.69, 9.17) is 0 Å². The summed E-state index contributed by atoms with van der Waals surface area (Å²) in [6.07, 6.45) is 3.79. The van der Waals surface area contributed by atoms with Crippen LogP contribution in [0, 0.1) is 6.92 Å². The van der Waals surface area contributed by atoms with Gasteiger partial charge in [0.15, 0.2) is 5.13 Å². The number of thiazole rings is 1. The number of carbonyl (C=O) groups excluding carboxylic acids is 3. The van der Waals surface area contributed by atoms with Crippen LogP contribution in [0.1, 0.15) is 57.7 Å². The van der Waals surface area contributed by atoms with Crippen LogP contribution in [0.4, 0.5) is 5.13 Å². The number of benzene rings is 1. The van der Waals surface area contributed by atoms with E-state index in [0.717, 1.165) is 35.8 Å². The molecule has 1 fully saturated rings. The van der Waals surface area contributed by atoms with Gasteiger partial charge in [-0.1, -0.05) is 18.1 Å². The van der Waals surface area contributed by atoms with Gasteiger partial charge < -0.3 is 5.32 Å². The Labute approximate surface area is 173 Å². The van der Waals surface area contributed by atoms with E-state index < -0.39 is 0 Å². The largest absolute Gasteiger partial charge is 0.302 e. The van der Waals surface area contributed by atoms with Gasteiger partial charge in [0.25, 0.3) is 11.8 Å². The molecule has 0 aliphatic carbocycles. The van der Waals surface area contributed by atoms with Crippen LogP contribution in [0.5, 0.6) is 0 Å². The van der Waals surface area contributed by atoms with Gasteiger partial charge in [-0.15, -0.1) is 11.3 Å². The maximum absolute atomic E-state index is 12.5. The first-order valence-electron chi connectivity index (χ1n) is 9.95. The highest BCUT2D eigenvalue weighted by Gasteiger charge is 2.35. The zero-order valence-corrected chi connectivity index (χ0v) is 17.3. The molecule has 29 heavy (non-hydrogen) atoms. The van der Waals surface area contributed by atoms with Crippen LogP contribution in [-0.2, 0) is 11.3 Å². The summed E-state index contributed by atoms with van der Waals surface area (Å²) in [4.78, 5) is 45.2. The van der Waals surface area contributed by atoms with E-state index in [2.05, 4.69) is 15.2 Å². The SMILES string of the molecule is Cc1ccc2c(c1)C(=O)N(CCC(=O)Nc1nc(CN3CCCCC3)cs1)C2=O. The van der Waals surface area contributed by atoms with E-state index in [-0.39, 0.29) is 30.7 Å². The zero-order chi connectivity index (χ0) is 20.4. The fourth-order valence-electron chi connectivity index (χ4n) is 3.79. The van der Waals surface area contributed by atoms with E-state index in [1.165, 1.54) is 30.6 Å². The highest BCUT2D eigenvalue weighted by Crippen LogP contribution is 2.24. The molecule has 2 aromatic rings. The number of hydrogen-bond acceptors (Lipinski definition) is 6. The molecule has 0 bridgehead atoms. The van der Waals surface area contributed by atoms with Gasteiger partial charge in [0.2, 0.25) is 5.91 Å². The topological polar surface area (TPSA) is 82.6 Å². The number of carbonyl (C=O) groups is 3. The third-order valence-corrected chi connectivity index (χ3v) is 6.13. The molecule has 1 N–H and O–H groups in total. The van der Waals surface area contributed by atoms with Crippen LogP contribution in [0.3, 0.4) is 0 Å². The number of amides is 3. The van der Waals surface area contributed by atoms with Crippen LogP contribution < -0.4 is 5.32 Å². The molecule has 4 rings (SSSR count). The molecule has 8 heteroatoms. The van der Waals surface area contributed by atoms with Crippen molar-refractivity contribution in [2.24, 2.45) is 0 Å². The van der Waals surface area contributed by atoms with E-state index in [1.807, 2.05) is 18.4 Å². The molecule has 0 radical (unpaired) electrons. The number of nitrogens with one attached hydrogen (secondary N) is 1. The fourth-order valence-corrected chi connectivity index (χ4v) is 4.50. The van der Waals surface area contributed by atoms with Crippen molar-refractivity contribution < 1.29 is 14.4 Å². The molecule has 0 saturated carbocycles. The van der Waals surface area contributed by atoms with Gasteiger partial charge >= 0.3 is 0 Å². The van der Waals surface area contributed by atoms with Crippen molar-refractivity contribution in [1.82, 2.24) is 14.8 Å². The quantitative estimate of drug-likeness (QED) is 0.738. The Morgan fingerprint density at radius 2 is 1.90 bits per heavy atom. The van der Waals surface area contributed by atoms with Crippen molar-refractivity contribution in [1.29, 1.82) is 0 Å². The second kappa shape index (κ2) is 8.42. The molecule has 1 aromatic heterocycles. The van der Waals surface area contributed by atoms with Crippen LogP contribution >= 0.6 is 11.3 Å². The van der Waals surface area contributed by atoms with Crippen molar-refractivity contribution in [2.45, 2.75) is 39.2 Å². The second-order valence-corrected chi connectivity index (χ2v) is 8.45. The molecule has 0 atom stereocenters.